The molecule has 1 aromatic heterocycles. The lowest BCUT2D eigenvalue weighted by Gasteiger charge is -2.49. The maximum Gasteiger partial charge on any atom is 0.132 e. The molecule has 5 aliphatic rings. The maximum absolute atomic E-state index is 7.07. The molecule has 2 aliphatic heterocycles. The number of rotatable bonds is 3. The highest BCUT2D eigenvalue weighted by atomic mass is 16.5. The van der Waals surface area contributed by atoms with Gasteiger partial charge in [-0.2, -0.15) is 0 Å². The maximum atomic E-state index is 7.07. The molecule has 0 radical (unpaired) electrons. The summed E-state index contributed by atoms with van der Waals surface area (Å²) in [6, 6.07) is 43.9. The SMILES string of the molecule is C1=CC(C2C=CC3=C(C2)OC2=C(CC(c4ccc5c6ccccc6n(-c6ccccc6)c5c4)C=C2)C32c3ccccc3Oc3ccccc32)=CCC1. The smallest absolute Gasteiger partial charge is 0.132 e. The van der Waals surface area contributed by atoms with E-state index < -0.39 is 5.41 Å². The van der Waals surface area contributed by atoms with Crippen molar-refractivity contribution in [2.24, 2.45) is 5.92 Å². The molecule has 0 saturated heterocycles. The van der Waals surface area contributed by atoms with Crippen molar-refractivity contribution in [2.75, 3.05) is 0 Å². The Morgan fingerprint density at radius 2 is 1.33 bits per heavy atom. The van der Waals surface area contributed by atoms with Crippen molar-refractivity contribution >= 4 is 21.8 Å². The van der Waals surface area contributed by atoms with Gasteiger partial charge in [0.05, 0.1) is 16.4 Å². The van der Waals surface area contributed by atoms with Crippen molar-refractivity contribution in [3.8, 4) is 17.2 Å². The standard InChI is InChI=1S/C49H37NO2/c1-3-13-32(14-4-1)35-24-27-41-48(31-35)52-47-28-25-33(29-42(47)49(41)39-18-8-11-21-45(39)51-46-22-12-9-19-40(46)49)34-23-26-38-37-17-7-10-20-43(37)50(44(38)30-34)36-15-5-2-6-16-36/h2-3,5-28,30,33,35H,1,4,29,31H2. The number of ether oxygens (including phenoxy) is 2. The van der Waals surface area contributed by atoms with Crippen molar-refractivity contribution in [3.05, 3.63) is 209 Å². The average molecular weight is 672 g/mol. The van der Waals surface area contributed by atoms with E-state index in [1.165, 1.54) is 60.9 Å². The number of para-hydroxylation sites is 4. The Morgan fingerprint density at radius 1 is 0.596 bits per heavy atom. The summed E-state index contributed by atoms with van der Waals surface area (Å²) >= 11 is 0. The van der Waals surface area contributed by atoms with E-state index in [0.717, 1.165) is 48.7 Å². The minimum absolute atomic E-state index is 0.160. The number of fused-ring (bicyclic) bond motifs is 9. The molecule has 3 nitrogen and oxygen atoms in total. The fraction of sp³-hybridized carbons (Fsp3) is 0.143. The van der Waals surface area contributed by atoms with Crippen LogP contribution in [0.15, 0.2) is 192 Å². The van der Waals surface area contributed by atoms with E-state index in [1.54, 1.807) is 0 Å². The molecule has 250 valence electrons. The minimum atomic E-state index is -0.543. The van der Waals surface area contributed by atoms with Gasteiger partial charge in [-0.3, -0.25) is 0 Å². The van der Waals surface area contributed by atoms with E-state index >= 15 is 0 Å². The summed E-state index contributed by atoms with van der Waals surface area (Å²) in [5.41, 5.74) is 10.7. The fourth-order valence-electron chi connectivity index (χ4n) is 9.59. The Labute approximate surface area is 303 Å². The van der Waals surface area contributed by atoms with Crippen LogP contribution in [0.4, 0.5) is 0 Å². The highest BCUT2D eigenvalue weighted by Crippen LogP contribution is 2.62. The number of allylic oxidation sites excluding steroid dienone is 11. The van der Waals surface area contributed by atoms with E-state index in [9.17, 15) is 0 Å². The molecule has 0 bridgehead atoms. The molecule has 3 heteroatoms. The van der Waals surface area contributed by atoms with Crippen molar-refractivity contribution in [3.63, 3.8) is 0 Å². The van der Waals surface area contributed by atoms with Gasteiger partial charge in [-0.15, -0.1) is 0 Å². The van der Waals surface area contributed by atoms with Crippen LogP contribution in [0.3, 0.4) is 0 Å². The van der Waals surface area contributed by atoms with Crippen LogP contribution in [0.5, 0.6) is 11.5 Å². The van der Waals surface area contributed by atoms with Crippen LogP contribution in [0.2, 0.25) is 0 Å². The molecule has 52 heavy (non-hydrogen) atoms. The van der Waals surface area contributed by atoms with Gasteiger partial charge in [0.1, 0.15) is 23.0 Å². The van der Waals surface area contributed by atoms with Crippen LogP contribution in [0.25, 0.3) is 27.5 Å². The van der Waals surface area contributed by atoms with Crippen LogP contribution in [-0.2, 0) is 10.2 Å². The lowest BCUT2D eigenvalue weighted by molar-refractivity contribution is 0.254. The second kappa shape index (κ2) is 11.5. The van der Waals surface area contributed by atoms with Crippen LogP contribution in [0, 0.1) is 5.92 Å². The monoisotopic (exact) mass is 671 g/mol. The normalized spacial score (nSPS) is 21.0. The van der Waals surface area contributed by atoms with E-state index in [0.29, 0.717) is 5.92 Å². The van der Waals surface area contributed by atoms with E-state index in [-0.39, 0.29) is 5.92 Å². The van der Waals surface area contributed by atoms with Gasteiger partial charge >= 0.3 is 0 Å². The summed E-state index contributed by atoms with van der Waals surface area (Å²) in [5.74, 6) is 4.32. The van der Waals surface area contributed by atoms with Gasteiger partial charge in [0.25, 0.3) is 0 Å². The second-order valence-corrected chi connectivity index (χ2v) is 14.6. The lowest BCUT2D eigenvalue weighted by atomic mass is 9.58. The summed E-state index contributed by atoms with van der Waals surface area (Å²) < 4.78 is 16.2. The molecule has 2 atom stereocenters. The number of benzene rings is 5. The summed E-state index contributed by atoms with van der Waals surface area (Å²) in [6.07, 6.45) is 20.3. The quantitative estimate of drug-likeness (QED) is 0.187. The predicted molar refractivity (Wildman–Crippen MR) is 210 cm³/mol. The zero-order valence-electron chi connectivity index (χ0n) is 28.8. The van der Waals surface area contributed by atoms with Gasteiger partial charge in [0.15, 0.2) is 0 Å². The largest absolute Gasteiger partial charge is 0.461 e. The summed E-state index contributed by atoms with van der Waals surface area (Å²) in [7, 11) is 0. The van der Waals surface area contributed by atoms with Crippen LogP contribution in [-0.4, -0.2) is 4.57 Å². The number of aromatic nitrogens is 1. The van der Waals surface area contributed by atoms with Crippen molar-refractivity contribution in [1.82, 2.24) is 4.57 Å². The fourth-order valence-corrected chi connectivity index (χ4v) is 9.59. The Kier molecular flexibility index (Phi) is 6.55. The molecule has 0 saturated carbocycles. The summed E-state index contributed by atoms with van der Waals surface area (Å²) in [6.45, 7) is 0. The first-order valence-corrected chi connectivity index (χ1v) is 18.6. The lowest BCUT2D eigenvalue weighted by Crippen LogP contribution is -2.41. The zero-order valence-corrected chi connectivity index (χ0v) is 28.8. The van der Waals surface area contributed by atoms with Crippen molar-refractivity contribution < 1.29 is 9.47 Å². The Balaban J connectivity index is 1.08. The summed E-state index contributed by atoms with van der Waals surface area (Å²) in [5, 5.41) is 2.54. The number of hydrogen-bond donors (Lipinski definition) is 0. The molecule has 5 aromatic carbocycles. The van der Waals surface area contributed by atoms with Crippen LogP contribution >= 0.6 is 0 Å². The Morgan fingerprint density at radius 3 is 2.13 bits per heavy atom. The van der Waals surface area contributed by atoms with Gasteiger partial charge in [0.2, 0.25) is 0 Å². The summed E-state index contributed by atoms with van der Waals surface area (Å²) in [4.78, 5) is 0. The van der Waals surface area contributed by atoms with E-state index in [1.807, 2.05) is 0 Å². The minimum Gasteiger partial charge on any atom is -0.461 e. The molecule has 2 unspecified atom stereocenters. The Bertz CT molecular complexity index is 2600. The molecular formula is C49H37NO2. The van der Waals surface area contributed by atoms with Gasteiger partial charge in [-0.1, -0.05) is 121 Å². The highest BCUT2D eigenvalue weighted by Gasteiger charge is 2.53. The molecule has 0 amide bonds. The predicted octanol–water partition coefficient (Wildman–Crippen LogP) is 12.3. The van der Waals surface area contributed by atoms with Crippen molar-refractivity contribution in [2.45, 2.75) is 37.0 Å². The molecule has 0 N–H and O–H groups in total. The highest BCUT2D eigenvalue weighted by molar-refractivity contribution is 6.09. The molecular weight excluding hydrogens is 635 g/mol. The zero-order chi connectivity index (χ0) is 34.2. The van der Waals surface area contributed by atoms with E-state index in [2.05, 4.69) is 168 Å². The molecule has 11 rings (SSSR count). The first kappa shape index (κ1) is 29.6. The molecule has 1 spiro atoms. The third-order valence-electron chi connectivity index (χ3n) is 11.9. The number of nitrogens with zero attached hydrogens (tertiary/aromatic N) is 1. The van der Waals surface area contributed by atoms with Gasteiger partial charge < -0.3 is 14.0 Å². The second-order valence-electron chi connectivity index (χ2n) is 14.6. The Hall–Kier alpha value is -6.06. The van der Waals surface area contributed by atoms with Crippen LogP contribution in [0.1, 0.15) is 48.3 Å². The molecule has 6 aromatic rings. The molecule has 3 aliphatic carbocycles. The topological polar surface area (TPSA) is 23.4 Å². The average Bonchev–Trinajstić information content (AvgIpc) is 3.55. The van der Waals surface area contributed by atoms with E-state index in [4.69, 9.17) is 9.47 Å². The third-order valence-corrected chi connectivity index (χ3v) is 11.9. The van der Waals surface area contributed by atoms with Crippen LogP contribution < -0.4 is 4.74 Å². The molecule has 0 fully saturated rings. The van der Waals surface area contributed by atoms with Crippen molar-refractivity contribution in [1.29, 1.82) is 0 Å². The first-order valence-electron chi connectivity index (χ1n) is 18.6. The van der Waals surface area contributed by atoms with Gasteiger partial charge in [-0.05, 0) is 78.4 Å². The number of hydrogen-bond acceptors (Lipinski definition) is 2. The first-order chi connectivity index (χ1) is 25.8. The van der Waals surface area contributed by atoms with Gasteiger partial charge in [0, 0.05) is 51.4 Å². The molecule has 3 heterocycles. The third kappa shape index (κ3) is 4.26. The van der Waals surface area contributed by atoms with Gasteiger partial charge in [-0.25, -0.2) is 0 Å².